The normalized spacial score (nSPS) is 17.7. The van der Waals surface area contributed by atoms with Crippen LogP contribution in [0.1, 0.15) is 37.2 Å². The molecule has 0 radical (unpaired) electrons. The van der Waals surface area contributed by atoms with Crippen molar-refractivity contribution in [2.75, 3.05) is 26.2 Å². The third kappa shape index (κ3) is 3.88. The second kappa shape index (κ2) is 8.00. The molecule has 1 aliphatic rings. The zero-order valence-electron chi connectivity index (χ0n) is 16.1. The highest BCUT2D eigenvalue weighted by atomic mass is 32.2. The third-order valence-corrected chi connectivity index (χ3v) is 7.15. The van der Waals surface area contributed by atoms with E-state index in [1.165, 1.54) is 4.31 Å². The zero-order valence-corrected chi connectivity index (χ0v) is 16.9. The first-order valence-corrected chi connectivity index (χ1v) is 10.8. The highest BCUT2D eigenvalue weighted by Crippen LogP contribution is 2.24. The number of amides is 1. The van der Waals surface area contributed by atoms with Crippen LogP contribution in [0.15, 0.2) is 29.2 Å². The maximum absolute atomic E-state index is 12.7. The maximum atomic E-state index is 12.7. The van der Waals surface area contributed by atoms with E-state index in [1.807, 2.05) is 20.9 Å². The molecule has 1 amide bonds. The standard InChI is InChI=1S/C19H27N3O4S/c1-4-22(5-2)27(24,25)16-8-9-17-14(11-16)12-18(21(17)3)19(23)20-13-15-7-6-10-26-15/h8-9,11-12,15H,4-7,10,13H2,1-3H3,(H,20,23)/t15-/m0/s1. The van der Waals surface area contributed by atoms with E-state index in [0.29, 0.717) is 25.3 Å². The first kappa shape index (κ1) is 19.9. The fourth-order valence-corrected chi connectivity index (χ4v) is 5.01. The monoisotopic (exact) mass is 393 g/mol. The van der Waals surface area contributed by atoms with Crippen molar-refractivity contribution in [1.29, 1.82) is 0 Å². The molecule has 0 aliphatic carbocycles. The molecule has 0 unspecified atom stereocenters. The molecule has 1 N–H and O–H groups in total. The fraction of sp³-hybridized carbons (Fsp3) is 0.526. The summed E-state index contributed by atoms with van der Waals surface area (Å²) in [4.78, 5) is 12.8. The lowest BCUT2D eigenvalue weighted by atomic mass is 10.2. The Bertz CT molecular complexity index is 926. The number of fused-ring (bicyclic) bond motifs is 1. The number of ether oxygens (including phenoxy) is 1. The number of sulfonamides is 1. The number of aromatic nitrogens is 1. The van der Waals surface area contributed by atoms with Gasteiger partial charge in [-0.3, -0.25) is 4.79 Å². The number of hydrogen-bond donors (Lipinski definition) is 1. The summed E-state index contributed by atoms with van der Waals surface area (Å²) >= 11 is 0. The van der Waals surface area contributed by atoms with E-state index < -0.39 is 10.0 Å². The SMILES string of the molecule is CCN(CC)S(=O)(=O)c1ccc2c(c1)cc(C(=O)NC[C@@H]1CCCO1)n2C. The van der Waals surface area contributed by atoms with Gasteiger partial charge in [0.1, 0.15) is 5.69 Å². The molecule has 27 heavy (non-hydrogen) atoms. The molecular weight excluding hydrogens is 366 g/mol. The van der Waals surface area contributed by atoms with E-state index in [4.69, 9.17) is 4.74 Å². The van der Waals surface area contributed by atoms with Crippen molar-refractivity contribution in [3.05, 3.63) is 30.0 Å². The molecule has 8 heteroatoms. The van der Waals surface area contributed by atoms with Crippen LogP contribution in [-0.2, 0) is 21.8 Å². The summed E-state index contributed by atoms with van der Waals surface area (Å²) in [6.45, 7) is 5.71. The van der Waals surface area contributed by atoms with Crippen LogP contribution in [0, 0.1) is 0 Å². The van der Waals surface area contributed by atoms with Gasteiger partial charge in [-0.1, -0.05) is 13.8 Å². The summed E-state index contributed by atoms with van der Waals surface area (Å²) in [6.07, 6.45) is 2.06. The predicted octanol–water partition coefficient (Wildman–Crippen LogP) is 2.12. The number of carbonyl (C=O) groups is 1. The number of carbonyl (C=O) groups excluding carboxylic acids is 1. The Labute approximate surface area is 160 Å². The second-order valence-corrected chi connectivity index (χ2v) is 8.68. The van der Waals surface area contributed by atoms with Crippen LogP contribution >= 0.6 is 0 Å². The van der Waals surface area contributed by atoms with E-state index in [9.17, 15) is 13.2 Å². The average Bonchev–Trinajstić information content (AvgIpc) is 3.28. The smallest absolute Gasteiger partial charge is 0.268 e. The molecular formula is C19H27N3O4S. The highest BCUT2D eigenvalue weighted by molar-refractivity contribution is 7.89. The van der Waals surface area contributed by atoms with Gasteiger partial charge in [-0.2, -0.15) is 4.31 Å². The number of hydrogen-bond acceptors (Lipinski definition) is 4. The molecule has 0 saturated carbocycles. The van der Waals surface area contributed by atoms with Gasteiger partial charge in [0.2, 0.25) is 10.0 Å². The minimum atomic E-state index is -3.53. The minimum Gasteiger partial charge on any atom is -0.376 e. The van der Waals surface area contributed by atoms with Crippen LogP contribution < -0.4 is 5.32 Å². The summed E-state index contributed by atoms with van der Waals surface area (Å²) in [5.74, 6) is -0.183. The number of nitrogens with one attached hydrogen (secondary N) is 1. The van der Waals surface area contributed by atoms with Crippen molar-refractivity contribution in [1.82, 2.24) is 14.2 Å². The van der Waals surface area contributed by atoms with E-state index in [-0.39, 0.29) is 16.9 Å². The molecule has 2 heterocycles. The van der Waals surface area contributed by atoms with Crippen molar-refractivity contribution >= 4 is 26.8 Å². The zero-order chi connectivity index (χ0) is 19.6. The maximum Gasteiger partial charge on any atom is 0.268 e. The third-order valence-electron chi connectivity index (χ3n) is 5.10. The van der Waals surface area contributed by atoms with Gasteiger partial charge in [-0.15, -0.1) is 0 Å². The molecule has 2 aromatic rings. The van der Waals surface area contributed by atoms with Gasteiger partial charge in [0.05, 0.1) is 11.0 Å². The Morgan fingerprint density at radius 1 is 1.30 bits per heavy atom. The topological polar surface area (TPSA) is 80.6 Å². The molecule has 1 atom stereocenters. The van der Waals surface area contributed by atoms with Crippen molar-refractivity contribution in [3.8, 4) is 0 Å². The number of rotatable bonds is 7. The van der Waals surface area contributed by atoms with Gasteiger partial charge in [0, 0.05) is 44.2 Å². The van der Waals surface area contributed by atoms with Crippen LogP contribution in [0.25, 0.3) is 10.9 Å². The Balaban J connectivity index is 1.86. The predicted molar refractivity (Wildman–Crippen MR) is 104 cm³/mol. The number of aryl methyl sites for hydroxylation is 1. The van der Waals surface area contributed by atoms with Crippen molar-refractivity contribution in [3.63, 3.8) is 0 Å². The van der Waals surface area contributed by atoms with Gasteiger partial charge >= 0.3 is 0 Å². The van der Waals surface area contributed by atoms with Crippen LogP contribution in [0.3, 0.4) is 0 Å². The summed E-state index contributed by atoms with van der Waals surface area (Å²) in [6, 6.07) is 6.73. The molecule has 0 bridgehead atoms. The van der Waals surface area contributed by atoms with E-state index in [0.717, 1.165) is 30.4 Å². The number of nitrogens with zero attached hydrogens (tertiary/aromatic N) is 2. The van der Waals surface area contributed by atoms with Gasteiger partial charge in [0.25, 0.3) is 5.91 Å². The lowest BCUT2D eigenvalue weighted by Gasteiger charge is -2.18. The van der Waals surface area contributed by atoms with Gasteiger partial charge in [0.15, 0.2) is 0 Å². The summed E-state index contributed by atoms with van der Waals surface area (Å²) in [7, 11) is -1.72. The molecule has 1 aromatic heterocycles. The first-order chi connectivity index (χ1) is 12.9. The number of benzene rings is 1. The largest absolute Gasteiger partial charge is 0.376 e. The Morgan fingerprint density at radius 2 is 2.04 bits per heavy atom. The fourth-order valence-electron chi connectivity index (χ4n) is 3.52. The van der Waals surface area contributed by atoms with Crippen molar-refractivity contribution in [2.45, 2.75) is 37.7 Å². The summed E-state index contributed by atoms with van der Waals surface area (Å²) < 4.78 is 34.2. The molecule has 148 valence electrons. The molecule has 7 nitrogen and oxygen atoms in total. The van der Waals surface area contributed by atoms with Crippen molar-refractivity contribution < 1.29 is 17.9 Å². The second-order valence-electron chi connectivity index (χ2n) is 6.74. The first-order valence-electron chi connectivity index (χ1n) is 9.38. The van der Waals surface area contributed by atoms with Crippen LogP contribution in [0.4, 0.5) is 0 Å². The minimum absolute atomic E-state index is 0.0782. The van der Waals surface area contributed by atoms with Gasteiger partial charge < -0.3 is 14.6 Å². The Morgan fingerprint density at radius 3 is 2.67 bits per heavy atom. The molecule has 1 fully saturated rings. The lowest BCUT2D eigenvalue weighted by molar-refractivity contribution is 0.0851. The molecule has 1 saturated heterocycles. The molecule has 1 aromatic carbocycles. The Hall–Kier alpha value is -1.90. The van der Waals surface area contributed by atoms with Crippen molar-refractivity contribution in [2.24, 2.45) is 7.05 Å². The summed E-state index contributed by atoms with van der Waals surface area (Å²) in [5.41, 5.74) is 1.32. The molecule has 1 aliphatic heterocycles. The van der Waals surface area contributed by atoms with Gasteiger partial charge in [-0.25, -0.2) is 8.42 Å². The highest BCUT2D eigenvalue weighted by Gasteiger charge is 2.23. The van der Waals surface area contributed by atoms with Crippen LogP contribution in [0.5, 0.6) is 0 Å². The van der Waals surface area contributed by atoms with E-state index in [1.54, 1.807) is 28.8 Å². The molecule has 0 spiro atoms. The van der Waals surface area contributed by atoms with Gasteiger partial charge in [-0.05, 0) is 37.1 Å². The average molecular weight is 394 g/mol. The summed E-state index contributed by atoms with van der Waals surface area (Å²) in [5, 5.41) is 3.64. The Kier molecular flexibility index (Phi) is 5.88. The van der Waals surface area contributed by atoms with E-state index >= 15 is 0 Å². The molecule has 3 rings (SSSR count). The van der Waals surface area contributed by atoms with Crippen LogP contribution in [0.2, 0.25) is 0 Å². The van der Waals surface area contributed by atoms with Crippen LogP contribution in [-0.4, -0.2) is 55.5 Å². The lowest BCUT2D eigenvalue weighted by Crippen LogP contribution is -2.32. The quantitative estimate of drug-likeness (QED) is 0.781. The van der Waals surface area contributed by atoms with E-state index in [2.05, 4.69) is 5.32 Å².